The van der Waals surface area contributed by atoms with Gasteiger partial charge in [0.25, 0.3) is 0 Å². The van der Waals surface area contributed by atoms with Crippen LogP contribution in [0.5, 0.6) is 0 Å². The second-order valence-corrected chi connectivity index (χ2v) is 6.84. The van der Waals surface area contributed by atoms with Crippen molar-refractivity contribution >= 4 is 14.6 Å². The highest BCUT2D eigenvalue weighted by atomic mass is 31.2. The van der Waals surface area contributed by atoms with Gasteiger partial charge in [-0.15, -0.1) is 0 Å². The van der Waals surface area contributed by atoms with E-state index in [1.807, 2.05) is 6.92 Å². The largest absolute Gasteiger partial charge is 0.465 e. The fourth-order valence-corrected chi connectivity index (χ4v) is 3.06. The van der Waals surface area contributed by atoms with Crippen LogP contribution in [0.1, 0.15) is 39.5 Å². The Hall–Kier alpha value is -0.340. The predicted octanol–water partition coefficient (Wildman–Crippen LogP) is 0.463. The number of carbonyl (C=O) groups is 1. The van der Waals surface area contributed by atoms with E-state index in [0.29, 0.717) is 6.42 Å². The summed E-state index contributed by atoms with van der Waals surface area (Å²) in [6.07, 6.45) is -2.66. The number of aliphatic hydroxyl groups is 3. The molecule has 0 heterocycles. The molecule has 1 fully saturated rings. The summed E-state index contributed by atoms with van der Waals surface area (Å²) in [4.78, 5) is 21.0. The molecule has 6 atom stereocenters. The number of hydrogen-bond donors (Lipinski definition) is 4. The Balaban J connectivity index is 2.25. The summed E-state index contributed by atoms with van der Waals surface area (Å²) in [6, 6.07) is 0. The molecule has 0 aliphatic heterocycles. The van der Waals surface area contributed by atoms with Crippen molar-refractivity contribution in [3.8, 4) is 0 Å². The minimum absolute atomic E-state index is 0.0748. The Kier molecular flexibility index (Phi) is 9.46. The lowest BCUT2D eigenvalue weighted by atomic mass is 9.90. The lowest BCUT2D eigenvalue weighted by molar-refractivity contribution is -0.145. The minimum atomic E-state index is -2.26. The van der Waals surface area contributed by atoms with E-state index in [9.17, 15) is 25.0 Å². The third kappa shape index (κ3) is 7.85. The van der Waals surface area contributed by atoms with E-state index in [4.69, 9.17) is 13.8 Å². The molecule has 0 aromatic heterocycles. The summed E-state index contributed by atoms with van der Waals surface area (Å²) in [5.74, 6) is -0.390. The Bertz CT molecular complexity index is 356. The van der Waals surface area contributed by atoms with Crippen LogP contribution in [0.4, 0.5) is 0 Å². The summed E-state index contributed by atoms with van der Waals surface area (Å²) in [7, 11) is -2.26. The Morgan fingerprint density at radius 3 is 2.61 bits per heavy atom. The van der Waals surface area contributed by atoms with Gasteiger partial charge < -0.3 is 34.0 Å². The van der Waals surface area contributed by atoms with Crippen LogP contribution in [0.2, 0.25) is 0 Å². The Morgan fingerprint density at radius 1 is 1.26 bits per heavy atom. The molecular weight excluding hydrogens is 327 g/mol. The summed E-state index contributed by atoms with van der Waals surface area (Å²) in [5, 5.41) is 28.9. The van der Waals surface area contributed by atoms with Gasteiger partial charge in [0.15, 0.2) is 0 Å². The number of hydrogen-bond acceptors (Lipinski definition) is 8. The monoisotopic (exact) mass is 354 g/mol. The highest BCUT2D eigenvalue weighted by Crippen LogP contribution is 2.39. The zero-order valence-corrected chi connectivity index (χ0v) is 14.4. The summed E-state index contributed by atoms with van der Waals surface area (Å²) in [5.41, 5.74) is 0. The van der Waals surface area contributed by atoms with Gasteiger partial charge in [-0.1, -0.05) is 13.8 Å². The van der Waals surface area contributed by atoms with Gasteiger partial charge in [-0.3, -0.25) is 4.79 Å². The summed E-state index contributed by atoms with van der Waals surface area (Å²) < 4.78 is 15.4. The molecule has 9 heteroatoms. The topological polar surface area (TPSA) is 126 Å². The van der Waals surface area contributed by atoms with Crippen LogP contribution >= 0.6 is 8.60 Å². The smallest absolute Gasteiger partial charge is 0.330 e. The van der Waals surface area contributed by atoms with Gasteiger partial charge in [0.2, 0.25) is 0 Å². The molecule has 136 valence electrons. The van der Waals surface area contributed by atoms with Crippen molar-refractivity contribution < 1.29 is 38.8 Å². The van der Waals surface area contributed by atoms with Crippen LogP contribution in [0.3, 0.4) is 0 Å². The first-order valence-corrected chi connectivity index (χ1v) is 8.95. The van der Waals surface area contributed by atoms with Gasteiger partial charge in [-0.25, -0.2) is 0 Å². The second kappa shape index (κ2) is 10.5. The standard InChI is InChI=1S/C14H27O8P/c1-3-4-13(17)20-7-9(2)8-21-23(19)22-12-6-10(15)5-11(16)14(12)18/h9-12,14-16,18-19H,3-8H2,1-2H3. The summed E-state index contributed by atoms with van der Waals surface area (Å²) >= 11 is 0. The van der Waals surface area contributed by atoms with E-state index < -0.39 is 33.0 Å². The fraction of sp³-hybridized carbons (Fsp3) is 0.929. The fourth-order valence-electron chi connectivity index (χ4n) is 2.17. The Labute approximate surface area is 137 Å². The van der Waals surface area contributed by atoms with Crippen LogP contribution in [-0.2, 0) is 18.6 Å². The highest BCUT2D eigenvalue weighted by Gasteiger charge is 2.37. The lowest BCUT2D eigenvalue weighted by Gasteiger charge is -2.34. The van der Waals surface area contributed by atoms with Crippen LogP contribution in [0.25, 0.3) is 0 Å². The normalized spacial score (nSPS) is 30.7. The molecule has 0 spiro atoms. The summed E-state index contributed by atoms with van der Waals surface area (Å²) in [6.45, 7) is 3.99. The molecule has 6 unspecified atom stereocenters. The zero-order chi connectivity index (χ0) is 17.4. The van der Waals surface area contributed by atoms with Crippen molar-refractivity contribution in [3.63, 3.8) is 0 Å². The van der Waals surface area contributed by atoms with Crippen molar-refractivity contribution in [1.29, 1.82) is 0 Å². The van der Waals surface area contributed by atoms with Gasteiger partial charge >= 0.3 is 14.6 Å². The van der Waals surface area contributed by atoms with Gasteiger partial charge in [0.05, 0.1) is 31.5 Å². The minimum Gasteiger partial charge on any atom is -0.465 e. The van der Waals surface area contributed by atoms with E-state index in [1.54, 1.807) is 6.92 Å². The van der Waals surface area contributed by atoms with Gasteiger partial charge in [0.1, 0.15) is 6.10 Å². The van der Waals surface area contributed by atoms with E-state index in [-0.39, 0.29) is 37.9 Å². The molecule has 23 heavy (non-hydrogen) atoms. The maximum absolute atomic E-state index is 11.2. The molecule has 0 bridgehead atoms. The van der Waals surface area contributed by atoms with Crippen LogP contribution in [0, 0.1) is 5.92 Å². The van der Waals surface area contributed by atoms with Crippen molar-refractivity contribution in [2.45, 2.75) is 63.9 Å². The predicted molar refractivity (Wildman–Crippen MR) is 82.2 cm³/mol. The van der Waals surface area contributed by atoms with Gasteiger partial charge in [-0.05, 0) is 6.42 Å². The average Bonchev–Trinajstić information content (AvgIpc) is 2.48. The first kappa shape index (κ1) is 20.7. The van der Waals surface area contributed by atoms with E-state index in [2.05, 4.69) is 0 Å². The van der Waals surface area contributed by atoms with Crippen LogP contribution in [0.15, 0.2) is 0 Å². The molecule has 0 saturated heterocycles. The SMILES string of the molecule is CCCC(=O)OCC(C)COP(O)OC1CC(O)CC(O)C1O. The van der Waals surface area contributed by atoms with Crippen molar-refractivity contribution in [1.82, 2.24) is 0 Å². The zero-order valence-electron chi connectivity index (χ0n) is 13.5. The molecule has 0 aromatic rings. The molecule has 1 aliphatic rings. The number of ether oxygens (including phenoxy) is 1. The molecule has 0 radical (unpaired) electrons. The molecule has 1 saturated carbocycles. The number of esters is 1. The maximum Gasteiger partial charge on any atom is 0.330 e. The van der Waals surface area contributed by atoms with E-state index in [1.165, 1.54) is 0 Å². The third-order valence-corrected chi connectivity index (χ3v) is 4.29. The van der Waals surface area contributed by atoms with Crippen molar-refractivity contribution in [3.05, 3.63) is 0 Å². The molecule has 1 rings (SSSR count). The molecule has 1 aliphatic carbocycles. The molecule has 0 aromatic carbocycles. The Morgan fingerprint density at radius 2 is 1.96 bits per heavy atom. The first-order valence-electron chi connectivity index (χ1n) is 7.82. The highest BCUT2D eigenvalue weighted by molar-refractivity contribution is 7.40. The van der Waals surface area contributed by atoms with Crippen LogP contribution in [-0.4, -0.2) is 63.8 Å². The lowest BCUT2D eigenvalue weighted by Crippen LogP contribution is -2.46. The molecular formula is C14H27O8P. The quantitative estimate of drug-likeness (QED) is 0.348. The second-order valence-electron chi connectivity index (χ2n) is 5.90. The molecule has 4 N–H and O–H groups in total. The van der Waals surface area contributed by atoms with Gasteiger partial charge in [0, 0.05) is 25.2 Å². The first-order chi connectivity index (χ1) is 10.8. The maximum atomic E-state index is 11.2. The number of carbonyl (C=O) groups excluding carboxylic acids is 1. The number of rotatable bonds is 9. The van der Waals surface area contributed by atoms with Crippen molar-refractivity contribution in [2.24, 2.45) is 5.92 Å². The van der Waals surface area contributed by atoms with E-state index in [0.717, 1.165) is 6.42 Å². The average molecular weight is 354 g/mol. The molecule has 0 amide bonds. The van der Waals surface area contributed by atoms with Crippen LogP contribution < -0.4 is 0 Å². The van der Waals surface area contributed by atoms with E-state index >= 15 is 0 Å². The van der Waals surface area contributed by atoms with Crippen molar-refractivity contribution in [2.75, 3.05) is 13.2 Å². The number of aliphatic hydroxyl groups excluding tert-OH is 3. The molecule has 8 nitrogen and oxygen atoms in total. The third-order valence-electron chi connectivity index (χ3n) is 3.47. The van der Waals surface area contributed by atoms with Gasteiger partial charge in [-0.2, -0.15) is 0 Å².